The number of hydrogen-bond acceptors (Lipinski definition) is 7. The second-order valence-electron chi connectivity index (χ2n) is 9.32. The second kappa shape index (κ2) is 9.32. The van der Waals surface area contributed by atoms with Gasteiger partial charge in [0.1, 0.15) is 0 Å². The van der Waals surface area contributed by atoms with E-state index in [0.717, 1.165) is 41.7 Å². The highest BCUT2D eigenvalue weighted by Crippen LogP contribution is 2.32. The Labute approximate surface area is 189 Å². The summed E-state index contributed by atoms with van der Waals surface area (Å²) in [6, 6.07) is 8.03. The van der Waals surface area contributed by atoms with E-state index in [1.807, 2.05) is 37.5 Å². The van der Waals surface area contributed by atoms with Gasteiger partial charge in [-0.15, -0.1) is 0 Å². The van der Waals surface area contributed by atoms with Crippen LogP contribution in [0.5, 0.6) is 0 Å². The molecule has 1 fully saturated rings. The fraction of sp³-hybridized carbons (Fsp3) is 0.542. The molecular weight excluding hydrogens is 402 g/mol. The van der Waals surface area contributed by atoms with Gasteiger partial charge in [-0.3, -0.25) is 0 Å². The standard InChI is InChI=1S/C24H35N7O/c1-4-19(24(2,3)32)28-23-29-21(26-14-16-10-8-9-13-18(16)25)20-22(30-23)31(15-27-20)17-11-6-5-7-12-17/h8-10,13,15,17,19,32H,4-7,11-12,14,25H2,1-3H3,(H2,26,28,29,30). The Bertz CT molecular complexity index is 1050. The molecule has 0 radical (unpaired) electrons. The third-order valence-corrected chi connectivity index (χ3v) is 6.46. The van der Waals surface area contributed by atoms with Crippen LogP contribution in [0.15, 0.2) is 30.6 Å². The van der Waals surface area contributed by atoms with Crippen LogP contribution in [0.2, 0.25) is 0 Å². The Morgan fingerprint density at radius 3 is 2.62 bits per heavy atom. The molecule has 1 saturated carbocycles. The minimum absolute atomic E-state index is 0.177. The SMILES string of the molecule is CCC(Nc1nc(NCc2ccccc2N)c2ncn(C3CCCCC3)c2n1)C(C)(C)O. The smallest absolute Gasteiger partial charge is 0.227 e. The molecule has 0 amide bonds. The summed E-state index contributed by atoms with van der Waals surface area (Å²) in [5.74, 6) is 1.16. The Morgan fingerprint density at radius 1 is 1.19 bits per heavy atom. The number of hydrogen-bond donors (Lipinski definition) is 4. The van der Waals surface area contributed by atoms with Crippen molar-refractivity contribution in [2.24, 2.45) is 0 Å². The number of para-hydroxylation sites is 1. The van der Waals surface area contributed by atoms with E-state index in [4.69, 9.17) is 15.7 Å². The van der Waals surface area contributed by atoms with Gasteiger partial charge in [-0.1, -0.05) is 44.4 Å². The van der Waals surface area contributed by atoms with Crippen molar-refractivity contribution in [2.45, 2.75) is 83.5 Å². The maximum atomic E-state index is 10.6. The molecule has 1 aliphatic rings. The Hall–Kier alpha value is -2.87. The number of nitrogens with two attached hydrogens (primary N) is 1. The fourth-order valence-corrected chi connectivity index (χ4v) is 4.54. The summed E-state index contributed by atoms with van der Waals surface area (Å²) < 4.78 is 2.20. The summed E-state index contributed by atoms with van der Waals surface area (Å²) >= 11 is 0. The largest absolute Gasteiger partial charge is 0.398 e. The van der Waals surface area contributed by atoms with Crippen LogP contribution in [0.25, 0.3) is 11.2 Å². The van der Waals surface area contributed by atoms with Gasteiger partial charge in [0.15, 0.2) is 17.0 Å². The van der Waals surface area contributed by atoms with Gasteiger partial charge in [-0.05, 0) is 44.7 Å². The minimum atomic E-state index is -0.900. The number of anilines is 3. The zero-order valence-electron chi connectivity index (χ0n) is 19.3. The Kier molecular flexibility index (Phi) is 6.50. The van der Waals surface area contributed by atoms with Crippen LogP contribution < -0.4 is 16.4 Å². The molecule has 172 valence electrons. The zero-order chi connectivity index (χ0) is 22.7. The first-order valence-electron chi connectivity index (χ1n) is 11.7. The number of aromatic nitrogens is 4. The van der Waals surface area contributed by atoms with Crippen LogP contribution in [0.1, 0.15) is 70.9 Å². The molecule has 0 aliphatic heterocycles. The molecule has 3 aromatic rings. The summed E-state index contributed by atoms with van der Waals surface area (Å²) in [5, 5.41) is 17.3. The fourth-order valence-electron chi connectivity index (χ4n) is 4.54. The van der Waals surface area contributed by atoms with E-state index in [9.17, 15) is 5.11 Å². The van der Waals surface area contributed by atoms with E-state index in [0.29, 0.717) is 24.4 Å². The molecule has 0 spiro atoms. The van der Waals surface area contributed by atoms with Crippen LogP contribution in [0.4, 0.5) is 17.5 Å². The van der Waals surface area contributed by atoms with Crippen molar-refractivity contribution in [1.29, 1.82) is 0 Å². The first-order chi connectivity index (χ1) is 15.4. The molecule has 0 bridgehead atoms. The lowest BCUT2D eigenvalue weighted by atomic mass is 9.95. The maximum Gasteiger partial charge on any atom is 0.227 e. The van der Waals surface area contributed by atoms with E-state index in [1.165, 1.54) is 19.3 Å². The van der Waals surface area contributed by atoms with E-state index in [-0.39, 0.29) is 6.04 Å². The van der Waals surface area contributed by atoms with Crippen molar-refractivity contribution in [2.75, 3.05) is 16.4 Å². The average molecular weight is 438 g/mol. The summed E-state index contributed by atoms with van der Waals surface area (Å²) in [6.45, 7) is 6.18. The summed E-state index contributed by atoms with van der Waals surface area (Å²) in [7, 11) is 0. The summed E-state index contributed by atoms with van der Waals surface area (Å²) in [5.41, 5.74) is 8.55. The number of nitrogens with one attached hydrogen (secondary N) is 2. The van der Waals surface area contributed by atoms with Gasteiger partial charge in [0.2, 0.25) is 5.95 Å². The van der Waals surface area contributed by atoms with Crippen LogP contribution in [0.3, 0.4) is 0 Å². The second-order valence-corrected chi connectivity index (χ2v) is 9.32. The molecule has 4 rings (SSSR count). The molecule has 1 aromatic carbocycles. The summed E-state index contributed by atoms with van der Waals surface area (Å²) in [4.78, 5) is 14.3. The molecule has 1 atom stereocenters. The zero-order valence-corrected chi connectivity index (χ0v) is 19.3. The summed E-state index contributed by atoms with van der Waals surface area (Å²) in [6.07, 6.45) is 8.68. The number of fused-ring (bicyclic) bond motifs is 1. The highest BCUT2D eigenvalue weighted by atomic mass is 16.3. The lowest BCUT2D eigenvalue weighted by Crippen LogP contribution is -2.41. The first-order valence-corrected chi connectivity index (χ1v) is 11.7. The quantitative estimate of drug-likeness (QED) is 0.384. The van der Waals surface area contributed by atoms with Crippen molar-refractivity contribution >= 4 is 28.6 Å². The third kappa shape index (κ3) is 4.80. The molecule has 8 heteroatoms. The normalized spacial score (nSPS) is 16.2. The van der Waals surface area contributed by atoms with Crippen LogP contribution in [0, 0.1) is 0 Å². The number of nitrogens with zero attached hydrogens (tertiary/aromatic N) is 4. The number of aliphatic hydroxyl groups is 1. The monoisotopic (exact) mass is 437 g/mol. The molecular formula is C24H35N7O. The van der Waals surface area contributed by atoms with Gasteiger partial charge < -0.3 is 26.0 Å². The van der Waals surface area contributed by atoms with Gasteiger partial charge in [-0.25, -0.2) is 4.98 Å². The number of benzene rings is 1. The lowest BCUT2D eigenvalue weighted by Gasteiger charge is -2.29. The number of imidazole rings is 1. The van der Waals surface area contributed by atoms with Gasteiger partial charge in [0, 0.05) is 18.3 Å². The molecule has 32 heavy (non-hydrogen) atoms. The Morgan fingerprint density at radius 2 is 1.94 bits per heavy atom. The Balaban J connectivity index is 1.71. The highest BCUT2D eigenvalue weighted by Gasteiger charge is 2.27. The lowest BCUT2D eigenvalue weighted by molar-refractivity contribution is 0.0577. The predicted octanol–water partition coefficient (Wildman–Crippen LogP) is 4.49. The highest BCUT2D eigenvalue weighted by molar-refractivity contribution is 5.84. The van der Waals surface area contributed by atoms with Crippen LogP contribution >= 0.6 is 0 Å². The predicted molar refractivity (Wildman–Crippen MR) is 130 cm³/mol. The number of rotatable bonds is 8. The van der Waals surface area contributed by atoms with Crippen LogP contribution in [-0.4, -0.2) is 36.3 Å². The van der Waals surface area contributed by atoms with E-state index in [2.05, 4.69) is 20.2 Å². The van der Waals surface area contributed by atoms with E-state index in [1.54, 1.807) is 13.8 Å². The maximum absolute atomic E-state index is 10.6. The van der Waals surface area contributed by atoms with Crippen molar-refractivity contribution in [1.82, 2.24) is 19.5 Å². The van der Waals surface area contributed by atoms with Crippen molar-refractivity contribution in [3.63, 3.8) is 0 Å². The molecule has 2 aromatic heterocycles. The van der Waals surface area contributed by atoms with Gasteiger partial charge in [0.05, 0.1) is 18.0 Å². The molecule has 1 aliphatic carbocycles. The van der Waals surface area contributed by atoms with Crippen molar-refractivity contribution in [3.05, 3.63) is 36.2 Å². The van der Waals surface area contributed by atoms with Gasteiger partial charge in [-0.2, -0.15) is 9.97 Å². The van der Waals surface area contributed by atoms with Gasteiger partial charge in [0.25, 0.3) is 0 Å². The van der Waals surface area contributed by atoms with E-state index >= 15 is 0 Å². The van der Waals surface area contributed by atoms with Crippen molar-refractivity contribution in [3.8, 4) is 0 Å². The topological polar surface area (TPSA) is 114 Å². The van der Waals surface area contributed by atoms with Gasteiger partial charge >= 0.3 is 0 Å². The number of nitrogen functional groups attached to an aromatic ring is 1. The van der Waals surface area contributed by atoms with Crippen LogP contribution in [-0.2, 0) is 6.54 Å². The van der Waals surface area contributed by atoms with E-state index < -0.39 is 5.60 Å². The molecule has 1 unspecified atom stereocenters. The molecule has 5 N–H and O–H groups in total. The molecule has 0 saturated heterocycles. The average Bonchev–Trinajstić information content (AvgIpc) is 3.20. The molecule has 8 nitrogen and oxygen atoms in total. The third-order valence-electron chi connectivity index (χ3n) is 6.46. The minimum Gasteiger partial charge on any atom is -0.398 e. The molecule has 2 heterocycles. The van der Waals surface area contributed by atoms with Crippen molar-refractivity contribution < 1.29 is 5.11 Å². The first kappa shape index (κ1) is 22.3.